The number of hydrogen-bond donors (Lipinski definition) is 2. The Balaban J connectivity index is 0.00000192. The molecule has 0 radical (unpaired) electrons. The maximum atomic E-state index is 11.0. The number of aromatic nitrogens is 2. The predicted molar refractivity (Wildman–Crippen MR) is 90.9 cm³/mol. The number of hydrogen-bond acceptors (Lipinski definition) is 5. The lowest BCUT2D eigenvalue weighted by molar-refractivity contribution is -0.114. The fraction of sp³-hybridized carbons (Fsp3) is 0.312. The standard InChI is InChI=1S/C16H18N4O2.ClH/c1-11(21)18-13-6-3-12(4-7-13)5-8-14-19-15(20-22-14)16(17)9-2-10-16;/h3-8H,2,9-10,17H2,1H3,(H,18,21);1H/b8-5+;. The number of nitrogens with zero attached hydrogens (tertiary/aromatic N) is 2. The first-order valence-electron chi connectivity index (χ1n) is 7.24. The van der Waals surface area contributed by atoms with Gasteiger partial charge < -0.3 is 15.6 Å². The van der Waals surface area contributed by atoms with Crippen molar-refractivity contribution < 1.29 is 9.32 Å². The zero-order valence-corrected chi connectivity index (χ0v) is 13.6. The summed E-state index contributed by atoms with van der Waals surface area (Å²) in [7, 11) is 0. The molecule has 0 unspecified atom stereocenters. The van der Waals surface area contributed by atoms with Crippen LogP contribution < -0.4 is 11.1 Å². The summed E-state index contributed by atoms with van der Waals surface area (Å²) in [4.78, 5) is 15.3. The van der Waals surface area contributed by atoms with Crippen LogP contribution in [0.15, 0.2) is 28.8 Å². The van der Waals surface area contributed by atoms with Gasteiger partial charge in [-0.15, -0.1) is 12.4 Å². The van der Waals surface area contributed by atoms with Crippen molar-refractivity contribution in [3.8, 4) is 0 Å². The van der Waals surface area contributed by atoms with Gasteiger partial charge in [0.25, 0.3) is 5.89 Å². The summed E-state index contributed by atoms with van der Waals surface area (Å²) in [5.41, 5.74) is 7.49. The average molecular weight is 335 g/mol. The summed E-state index contributed by atoms with van der Waals surface area (Å²) in [6, 6.07) is 7.47. The topological polar surface area (TPSA) is 94.0 Å². The van der Waals surface area contributed by atoms with E-state index in [0.717, 1.165) is 30.5 Å². The first-order chi connectivity index (χ1) is 10.5. The number of carbonyl (C=O) groups excluding carboxylic acids is 1. The van der Waals surface area contributed by atoms with Gasteiger partial charge in [-0.1, -0.05) is 17.3 Å². The molecule has 1 aliphatic carbocycles. The van der Waals surface area contributed by atoms with Gasteiger partial charge in [0.1, 0.15) is 0 Å². The van der Waals surface area contributed by atoms with Crippen LogP contribution in [-0.4, -0.2) is 16.0 Å². The molecule has 1 fully saturated rings. The largest absolute Gasteiger partial charge is 0.335 e. The van der Waals surface area contributed by atoms with Crippen molar-refractivity contribution in [1.82, 2.24) is 10.1 Å². The van der Waals surface area contributed by atoms with Crippen molar-refractivity contribution in [3.05, 3.63) is 41.5 Å². The minimum atomic E-state index is -0.407. The lowest BCUT2D eigenvalue weighted by atomic mass is 9.77. The van der Waals surface area contributed by atoms with Crippen LogP contribution in [-0.2, 0) is 10.3 Å². The molecular weight excluding hydrogens is 316 g/mol. The van der Waals surface area contributed by atoms with Crippen LogP contribution >= 0.6 is 12.4 Å². The number of anilines is 1. The second-order valence-electron chi connectivity index (χ2n) is 5.60. The van der Waals surface area contributed by atoms with Gasteiger partial charge in [0.05, 0.1) is 5.54 Å². The molecule has 122 valence electrons. The van der Waals surface area contributed by atoms with Crippen molar-refractivity contribution in [2.24, 2.45) is 5.73 Å². The number of nitrogens with one attached hydrogen (secondary N) is 1. The number of amides is 1. The fourth-order valence-electron chi connectivity index (χ4n) is 2.33. The van der Waals surface area contributed by atoms with Gasteiger partial charge in [-0.25, -0.2) is 0 Å². The van der Waals surface area contributed by atoms with Gasteiger partial charge >= 0.3 is 0 Å². The van der Waals surface area contributed by atoms with E-state index in [1.54, 1.807) is 6.08 Å². The lowest BCUT2D eigenvalue weighted by Gasteiger charge is -2.34. The van der Waals surface area contributed by atoms with E-state index in [4.69, 9.17) is 10.3 Å². The Labute approximate surface area is 140 Å². The van der Waals surface area contributed by atoms with Crippen LogP contribution in [0.2, 0.25) is 0 Å². The molecule has 7 heteroatoms. The summed E-state index contributed by atoms with van der Waals surface area (Å²) in [5, 5.41) is 6.68. The van der Waals surface area contributed by atoms with Crippen LogP contribution in [0.4, 0.5) is 5.69 Å². The molecule has 1 aromatic heterocycles. The predicted octanol–water partition coefficient (Wildman–Crippen LogP) is 2.96. The normalized spacial score (nSPS) is 15.7. The molecule has 1 aromatic carbocycles. The zero-order chi connectivity index (χ0) is 15.6. The molecule has 2 aromatic rings. The van der Waals surface area contributed by atoms with E-state index in [1.807, 2.05) is 30.3 Å². The molecule has 23 heavy (non-hydrogen) atoms. The summed E-state index contributed by atoms with van der Waals surface area (Å²) in [5.74, 6) is 0.936. The maximum Gasteiger partial charge on any atom is 0.250 e. The van der Waals surface area contributed by atoms with Gasteiger partial charge in [0.15, 0.2) is 5.82 Å². The summed E-state index contributed by atoms with van der Waals surface area (Å²) >= 11 is 0. The molecule has 3 N–H and O–H groups in total. The Morgan fingerprint density at radius 1 is 1.30 bits per heavy atom. The summed E-state index contributed by atoms with van der Waals surface area (Å²) < 4.78 is 5.20. The number of halogens is 1. The van der Waals surface area contributed by atoms with Gasteiger partial charge in [-0.3, -0.25) is 4.79 Å². The monoisotopic (exact) mass is 334 g/mol. The number of carbonyl (C=O) groups is 1. The zero-order valence-electron chi connectivity index (χ0n) is 12.8. The second-order valence-corrected chi connectivity index (χ2v) is 5.60. The SMILES string of the molecule is CC(=O)Nc1ccc(/C=C/c2nc(C3(N)CCC3)no2)cc1.Cl. The maximum absolute atomic E-state index is 11.0. The van der Waals surface area contributed by atoms with Gasteiger partial charge in [0.2, 0.25) is 5.91 Å². The first-order valence-corrected chi connectivity index (χ1v) is 7.24. The average Bonchev–Trinajstić information content (AvgIpc) is 2.93. The van der Waals surface area contributed by atoms with Crippen molar-refractivity contribution in [3.63, 3.8) is 0 Å². The summed E-state index contributed by atoms with van der Waals surface area (Å²) in [6.07, 6.45) is 6.54. The Kier molecular flexibility index (Phi) is 5.18. The highest BCUT2D eigenvalue weighted by Gasteiger charge is 2.38. The lowest BCUT2D eigenvalue weighted by Crippen LogP contribution is -2.44. The Morgan fingerprint density at radius 3 is 2.57 bits per heavy atom. The molecule has 6 nitrogen and oxygen atoms in total. The molecule has 1 heterocycles. The number of rotatable bonds is 4. The van der Waals surface area contributed by atoms with E-state index >= 15 is 0 Å². The Morgan fingerprint density at radius 2 is 2.00 bits per heavy atom. The number of benzene rings is 1. The third-order valence-corrected chi connectivity index (χ3v) is 3.78. The molecular formula is C16H19ClN4O2. The molecule has 1 aliphatic rings. The van der Waals surface area contributed by atoms with Gasteiger partial charge in [-0.2, -0.15) is 4.98 Å². The highest BCUT2D eigenvalue weighted by Crippen LogP contribution is 2.36. The van der Waals surface area contributed by atoms with Gasteiger partial charge in [-0.05, 0) is 43.0 Å². The van der Waals surface area contributed by atoms with E-state index in [0.29, 0.717) is 11.7 Å². The van der Waals surface area contributed by atoms with Crippen LogP contribution in [0, 0.1) is 0 Å². The quantitative estimate of drug-likeness (QED) is 0.896. The van der Waals surface area contributed by atoms with E-state index in [-0.39, 0.29) is 18.3 Å². The van der Waals surface area contributed by atoms with Crippen LogP contribution in [0.25, 0.3) is 12.2 Å². The van der Waals surface area contributed by atoms with Crippen molar-refractivity contribution in [1.29, 1.82) is 0 Å². The third kappa shape index (κ3) is 3.97. The molecule has 0 bridgehead atoms. The Bertz CT molecular complexity index is 705. The smallest absolute Gasteiger partial charge is 0.250 e. The van der Waals surface area contributed by atoms with Crippen LogP contribution in [0.3, 0.4) is 0 Å². The van der Waals surface area contributed by atoms with E-state index in [1.165, 1.54) is 6.92 Å². The fourth-order valence-corrected chi connectivity index (χ4v) is 2.33. The molecule has 0 aliphatic heterocycles. The summed E-state index contributed by atoms with van der Waals surface area (Å²) in [6.45, 7) is 1.48. The van der Waals surface area contributed by atoms with Crippen molar-refractivity contribution >= 4 is 36.2 Å². The van der Waals surface area contributed by atoms with E-state index in [2.05, 4.69) is 15.5 Å². The third-order valence-electron chi connectivity index (χ3n) is 3.78. The highest BCUT2D eigenvalue weighted by molar-refractivity contribution is 5.88. The number of nitrogens with two attached hydrogens (primary N) is 1. The molecule has 0 spiro atoms. The van der Waals surface area contributed by atoms with E-state index < -0.39 is 5.54 Å². The van der Waals surface area contributed by atoms with E-state index in [9.17, 15) is 4.79 Å². The molecule has 1 saturated carbocycles. The molecule has 3 rings (SSSR count). The highest BCUT2D eigenvalue weighted by atomic mass is 35.5. The van der Waals surface area contributed by atoms with Crippen LogP contribution in [0.1, 0.15) is 43.5 Å². The minimum absolute atomic E-state index is 0. The molecule has 0 atom stereocenters. The Hall–Kier alpha value is -2.18. The van der Waals surface area contributed by atoms with Crippen molar-refractivity contribution in [2.45, 2.75) is 31.7 Å². The second kappa shape index (κ2) is 6.93. The van der Waals surface area contributed by atoms with Crippen molar-refractivity contribution in [2.75, 3.05) is 5.32 Å². The van der Waals surface area contributed by atoms with Crippen LogP contribution in [0.5, 0.6) is 0 Å². The minimum Gasteiger partial charge on any atom is -0.335 e. The van der Waals surface area contributed by atoms with Gasteiger partial charge in [0, 0.05) is 18.7 Å². The molecule has 0 saturated heterocycles. The molecule has 1 amide bonds. The first kappa shape index (κ1) is 17.2.